The Kier molecular flexibility index (Phi) is 3.41. The predicted molar refractivity (Wildman–Crippen MR) is 65.4 cm³/mol. The number of benzene rings is 1. The molecular weight excluding hydrogens is 255 g/mol. The molecule has 0 aliphatic rings. The maximum atomic E-state index is 13.2. The molecular formula is C14H14F3NO. The molecule has 0 aliphatic heterocycles. The van der Waals surface area contributed by atoms with Crippen LogP contribution in [0.3, 0.4) is 0 Å². The van der Waals surface area contributed by atoms with Gasteiger partial charge in [0.05, 0.1) is 5.69 Å². The Labute approximate surface area is 108 Å². The van der Waals surface area contributed by atoms with Gasteiger partial charge < -0.3 is 10.1 Å². The zero-order valence-corrected chi connectivity index (χ0v) is 10.8. The number of halogens is 3. The largest absolute Gasteiger partial charge is 0.382 e. The van der Waals surface area contributed by atoms with E-state index in [-0.39, 0.29) is 5.56 Å². The van der Waals surface area contributed by atoms with Crippen LogP contribution in [0.15, 0.2) is 12.1 Å². The average Bonchev–Trinajstić information content (AvgIpc) is 2.62. The SMILES string of the molecule is Cc1[nH]c(C(O)c2cc(F)c(F)c(F)c2)c(C)c1C. The number of hydrogen-bond donors (Lipinski definition) is 2. The molecule has 0 saturated heterocycles. The van der Waals surface area contributed by atoms with Gasteiger partial charge in [-0.3, -0.25) is 0 Å². The molecule has 0 amide bonds. The van der Waals surface area contributed by atoms with Crippen molar-refractivity contribution >= 4 is 0 Å². The van der Waals surface area contributed by atoms with Gasteiger partial charge in [0.25, 0.3) is 0 Å². The van der Waals surface area contributed by atoms with Gasteiger partial charge >= 0.3 is 0 Å². The van der Waals surface area contributed by atoms with E-state index in [0.717, 1.165) is 29.0 Å². The molecule has 5 heteroatoms. The van der Waals surface area contributed by atoms with Gasteiger partial charge in [-0.15, -0.1) is 0 Å². The van der Waals surface area contributed by atoms with Crippen molar-refractivity contribution in [2.45, 2.75) is 26.9 Å². The lowest BCUT2D eigenvalue weighted by Gasteiger charge is -2.12. The molecule has 0 radical (unpaired) electrons. The number of aromatic nitrogens is 1. The third-order valence-electron chi connectivity index (χ3n) is 3.45. The fraction of sp³-hybridized carbons (Fsp3) is 0.286. The van der Waals surface area contributed by atoms with Crippen molar-refractivity contribution in [3.8, 4) is 0 Å². The van der Waals surface area contributed by atoms with E-state index < -0.39 is 23.6 Å². The van der Waals surface area contributed by atoms with Crippen molar-refractivity contribution in [1.82, 2.24) is 4.98 Å². The van der Waals surface area contributed by atoms with Gasteiger partial charge in [0.1, 0.15) is 6.10 Å². The molecule has 1 aromatic heterocycles. The van der Waals surface area contributed by atoms with Gasteiger partial charge in [-0.05, 0) is 49.6 Å². The first-order valence-corrected chi connectivity index (χ1v) is 5.81. The Hall–Kier alpha value is -1.75. The van der Waals surface area contributed by atoms with Crippen LogP contribution in [0.2, 0.25) is 0 Å². The summed E-state index contributed by atoms with van der Waals surface area (Å²) in [5.74, 6) is -4.16. The van der Waals surface area contributed by atoms with Crippen molar-refractivity contribution in [2.24, 2.45) is 0 Å². The van der Waals surface area contributed by atoms with Crippen LogP contribution in [0.4, 0.5) is 13.2 Å². The van der Waals surface area contributed by atoms with E-state index in [4.69, 9.17) is 0 Å². The van der Waals surface area contributed by atoms with Crippen LogP contribution >= 0.6 is 0 Å². The van der Waals surface area contributed by atoms with E-state index in [1.165, 1.54) is 0 Å². The van der Waals surface area contributed by atoms with Gasteiger partial charge in [0.15, 0.2) is 17.5 Å². The number of hydrogen-bond acceptors (Lipinski definition) is 1. The molecule has 1 unspecified atom stereocenters. The minimum atomic E-state index is -1.54. The first-order valence-electron chi connectivity index (χ1n) is 5.81. The number of nitrogens with one attached hydrogen (secondary N) is 1. The first-order chi connectivity index (χ1) is 8.82. The van der Waals surface area contributed by atoms with Crippen molar-refractivity contribution in [2.75, 3.05) is 0 Å². The topological polar surface area (TPSA) is 36.0 Å². The normalized spacial score (nSPS) is 12.8. The average molecular weight is 269 g/mol. The van der Waals surface area contributed by atoms with Gasteiger partial charge in [-0.2, -0.15) is 0 Å². The summed E-state index contributed by atoms with van der Waals surface area (Å²) in [6.07, 6.45) is -1.23. The first kappa shape index (κ1) is 13.7. The third kappa shape index (κ3) is 2.26. The lowest BCUT2D eigenvalue weighted by atomic mass is 10.0. The quantitative estimate of drug-likeness (QED) is 0.805. The van der Waals surface area contributed by atoms with E-state index in [2.05, 4.69) is 4.98 Å². The second-order valence-electron chi connectivity index (χ2n) is 4.61. The maximum Gasteiger partial charge on any atom is 0.194 e. The lowest BCUT2D eigenvalue weighted by Crippen LogP contribution is -2.05. The highest BCUT2D eigenvalue weighted by atomic mass is 19.2. The monoisotopic (exact) mass is 269 g/mol. The number of rotatable bonds is 2. The fourth-order valence-corrected chi connectivity index (χ4v) is 2.05. The summed E-state index contributed by atoms with van der Waals surface area (Å²) in [6, 6.07) is 1.60. The summed E-state index contributed by atoms with van der Waals surface area (Å²) >= 11 is 0. The highest BCUT2D eigenvalue weighted by molar-refractivity contribution is 5.39. The van der Waals surface area contributed by atoms with Crippen LogP contribution in [0.1, 0.15) is 34.2 Å². The van der Waals surface area contributed by atoms with Crippen LogP contribution in [0.5, 0.6) is 0 Å². The van der Waals surface area contributed by atoms with Gasteiger partial charge in [-0.1, -0.05) is 0 Å². The Morgan fingerprint density at radius 3 is 1.95 bits per heavy atom. The number of aryl methyl sites for hydroxylation is 1. The predicted octanol–water partition coefficient (Wildman–Crippen LogP) is 3.44. The molecule has 2 nitrogen and oxygen atoms in total. The third-order valence-corrected chi connectivity index (χ3v) is 3.45. The van der Waals surface area contributed by atoms with Crippen molar-refractivity contribution in [3.05, 3.63) is 57.7 Å². The maximum absolute atomic E-state index is 13.2. The molecule has 0 bridgehead atoms. The lowest BCUT2D eigenvalue weighted by molar-refractivity contribution is 0.213. The number of H-pyrrole nitrogens is 1. The number of aromatic amines is 1. The van der Waals surface area contributed by atoms with Crippen molar-refractivity contribution in [1.29, 1.82) is 0 Å². The van der Waals surface area contributed by atoms with Crippen LogP contribution in [-0.4, -0.2) is 10.1 Å². The van der Waals surface area contributed by atoms with Gasteiger partial charge in [-0.25, -0.2) is 13.2 Å². The summed E-state index contributed by atoms with van der Waals surface area (Å²) in [4.78, 5) is 2.98. The van der Waals surface area contributed by atoms with Crippen molar-refractivity contribution in [3.63, 3.8) is 0 Å². The molecule has 0 spiro atoms. The molecule has 0 aliphatic carbocycles. The Morgan fingerprint density at radius 2 is 1.53 bits per heavy atom. The summed E-state index contributed by atoms with van der Waals surface area (Å²) in [6.45, 7) is 5.52. The molecule has 1 heterocycles. The summed E-state index contributed by atoms with van der Waals surface area (Å²) < 4.78 is 39.2. The van der Waals surface area contributed by atoms with Crippen molar-refractivity contribution < 1.29 is 18.3 Å². The summed E-state index contributed by atoms with van der Waals surface area (Å²) in [7, 11) is 0. The minimum Gasteiger partial charge on any atom is -0.382 e. The smallest absolute Gasteiger partial charge is 0.194 e. The Morgan fingerprint density at radius 1 is 1.00 bits per heavy atom. The zero-order valence-electron chi connectivity index (χ0n) is 10.8. The standard InChI is InChI=1S/C14H14F3NO/c1-6-7(2)13(18-8(6)3)14(19)9-4-10(15)12(17)11(16)5-9/h4-5,14,18-19H,1-3H3. The zero-order chi connectivity index (χ0) is 14.3. The van der Waals surface area contributed by atoms with Crippen LogP contribution in [0.25, 0.3) is 0 Å². The van der Waals surface area contributed by atoms with Crippen LogP contribution in [0, 0.1) is 38.2 Å². The van der Waals surface area contributed by atoms with E-state index in [1.54, 1.807) is 6.92 Å². The summed E-state index contributed by atoms with van der Waals surface area (Å²) in [5.41, 5.74) is 3.09. The molecule has 1 atom stereocenters. The molecule has 0 saturated carbocycles. The van der Waals surface area contributed by atoms with E-state index in [9.17, 15) is 18.3 Å². The molecule has 19 heavy (non-hydrogen) atoms. The molecule has 2 N–H and O–H groups in total. The molecule has 1 aromatic carbocycles. The Balaban J connectivity index is 2.50. The fourth-order valence-electron chi connectivity index (χ4n) is 2.05. The molecule has 2 rings (SSSR count). The molecule has 0 fully saturated rings. The van der Waals surface area contributed by atoms with E-state index >= 15 is 0 Å². The summed E-state index contributed by atoms with van der Waals surface area (Å²) in [5, 5.41) is 10.2. The second kappa shape index (κ2) is 4.74. The van der Waals surface area contributed by atoms with E-state index in [0.29, 0.717) is 5.69 Å². The molecule has 2 aromatic rings. The van der Waals surface area contributed by atoms with Gasteiger partial charge in [0, 0.05) is 5.69 Å². The number of aliphatic hydroxyl groups excluding tert-OH is 1. The highest BCUT2D eigenvalue weighted by Gasteiger charge is 2.20. The highest BCUT2D eigenvalue weighted by Crippen LogP contribution is 2.29. The van der Waals surface area contributed by atoms with Gasteiger partial charge in [0.2, 0.25) is 0 Å². The second-order valence-corrected chi connectivity index (χ2v) is 4.61. The van der Waals surface area contributed by atoms with Crippen LogP contribution < -0.4 is 0 Å². The molecule has 102 valence electrons. The number of aliphatic hydroxyl groups is 1. The minimum absolute atomic E-state index is 0.0271. The Bertz CT molecular complexity index is 611. The van der Waals surface area contributed by atoms with E-state index in [1.807, 2.05) is 13.8 Å². The van der Waals surface area contributed by atoms with Crippen LogP contribution in [-0.2, 0) is 0 Å².